The molecule has 0 saturated carbocycles. The fraction of sp³-hybridized carbons (Fsp3) is 0.0667. The van der Waals surface area contributed by atoms with Crippen LogP contribution in [0.1, 0.15) is 11.1 Å². The van der Waals surface area contributed by atoms with E-state index in [1.807, 2.05) is 24.3 Å². The predicted molar refractivity (Wildman–Crippen MR) is 166 cm³/mol. The number of para-hydroxylation sites is 2. The maximum absolute atomic E-state index is 12.2. The maximum Gasteiger partial charge on any atom is 1.00 e. The van der Waals surface area contributed by atoms with Crippen molar-refractivity contribution in [3.05, 3.63) is 109 Å². The van der Waals surface area contributed by atoms with Gasteiger partial charge in [-0.3, -0.25) is 9.97 Å². The molecule has 0 radical (unpaired) electrons. The minimum atomic E-state index is -0.131. The van der Waals surface area contributed by atoms with Gasteiger partial charge in [0.15, 0.2) is 11.6 Å². The predicted octanol–water partition coefficient (Wildman–Crippen LogP) is -2.20. The zero-order valence-electron chi connectivity index (χ0n) is 24.9. The molecule has 6 rings (SSSR count). The van der Waals surface area contributed by atoms with E-state index in [4.69, 9.17) is 0 Å². The molecule has 0 atom stereocenters. The second-order valence-electron chi connectivity index (χ2n) is 8.98. The van der Waals surface area contributed by atoms with Gasteiger partial charge in [0, 0.05) is 47.4 Å². The van der Waals surface area contributed by atoms with E-state index in [9.17, 15) is 10.2 Å². The third-order valence-electron chi connectivity index (χ3n) is 6.07. The molecule has 2 aromatic carbocycles. The van der Waals surface area contributed by atoms with Crippen LogP contribution < -0.4 is 113 Å². The van der Waals surface area contributed by atoms with Crippen LogP contribution in [0.2, 0.25) is 0 Å². The molecular formula is C30H22K2N10O2S2. The molecule has 0 spiro atoms. The monoisotopic (exact) mass is 696 g/mol. The van der Waals surface area contributed by atoms with Gasteiger partial charge in [0.25, 0.3) is 0 Å². The molecule has 0 aliphatic heterocycles. The minimum Gasteiger partial charge on any atom is -0.872 e. The van der Waals surface area contributed by atoms with Gasteiger partial charge >= 0.3 is 103 Å². The molecule has 0 unspecified atom stereocenters. The van der Waals surface area contributed by atoms with Crippen LogP contribution in [-0.2, 0) is 0 Å². The molecule has 0 aliphatic rings. The summed E-state index contributed by atoms with van der Waals surface area (Å²) in [5.74, 6) is 1.98. The van der Waals surface area contributed by atoms with Gasteiger partial charge in [-0.2, -0.15) is 19.6 Å². The molecule has 12 nitrogen and oxygen atoms in total. The Morgan fingerprint density at radius 1 is 0.587 bits per heavy atom. The van der Waals surface area contributed by atoms with Crippen LogP contribution in [0.25, 0.3) is 22.8 Å². The van der Waals surface area contributed by atoms with Gasteiger partial charge in [-0.1, -0.05) is 83.6 Å². The zero-order chi connectivity index (χ0) is 30.1. The first-order chi connectivity index (χ1) is 21.7. The van der Waals surface area contributed by atoms with Crippen molar-refractivity contribution in [1.82, 2.24) is 39.7 Å². The summed E-state index contributed by atoms with van der Waals surface area (Å²) in [6, 6.07) is 20.7. The normalized spacial score (nSPS) is 11.0. The molecule has 0 aliphatic carbocycles. The second-order valence-corrected chi connectivity index (χ2v) is 11.1. The molecule has 4 heterocycles. The van der Waals surface area contributed by atoms with Gasteiger partial charge in [-0.15, -0.1) is 20.4 Å². The SMILES string of the molecule is [K+].[K+].[O-]c1ccccc1/C=N\n1c(SCCSc2nnc(-c3cccnc3)n2/N=C\c2ccccc2[O-])nnc1-c1cccnc1. The van der Waals surface area contributed by atoms with Crippen molar-refractivity contribution in [2.75, 3.05) is 11.5 Å². The van der Waals surface area contributed by atoms with Gasteiger partial charge in [-0.25, -0.2) is 0 Å². The van der Waals surface area contributed by atoms with Gasteiger partial charge in [-0.05, 0) is 35.4 Å². The van der Waals surface area contributed by atoms with E-state index in [2.05, 4.69) is 40.6 Å². The molecule has 6 aromatic rings. The molecule has 0 saturated heterocycles. The average Bonchev–Trinajstić information content (AvgIpc) is 3.67. The topological polar surface area (TPSA) is 158 Å². The minimum absolute atomic E-state index is 0. The van der Waals surface area contributed by atoms with E-state index < -0.39 is 0 Å². The Balaban J connectivity index is 0.00000240. The third kappa shape index (κ3) is 9.30. The largest absolute Gasteiger partial charge is 1.00 e. The summed E-state index contributed by atoms with van der Waals surface area (Å²) in [4.78, 5) is 8.37. The molecule has 0 fully saturated rings. The Kier molecular flexibility index (Phi) is 14.8. The number of hydrogen-bond acceptors (Lipinski definition) is 12. The van der Waals surface area contributed by atoms with E-state index in [0.717, 1.165) is 11.1 Å². The standard InChI is InChI=1S/C30H24N10O2S2.2K/c41-25-11-3-1-7-21(25)19-33-39-27(23-9-5-13-31-17-23)35-37-29(39)43-15-16-44-30-38-36-28(24-10-6-14-32-18-24)40(30)34-20-22-8-2-4-12-26(22)42;;/h1-14,17-20,41-42H,15-16H2;;/q;2*+1/p-2/b33-19-,34-20-;;. The van der Waals surface area contributed by atoms with Crippen molar-refractivity contribution in [2.45, 2.75) is 10.3 Å². The number of rotatable bonds is 11. The molecule has 0 amide bonds. The van der Waals surface area contributed by atoms with Crippen molar-refractivity contribution in [3.63, 3.8) is 0 Å². The average molecular weight is 697 g/mol. The number of benzene rings is 2. The smallest absolute Gasteiger partial charge is 0.872 e. The summed E-state index contributed by atoms with van der Waals surface area (Å²) in [6.07, 6.45) is 9.72. The maximum atomic E-state index is 12.2. The van der Waals surface area contributed by atoms with Crippen LogP contribution >= 0.6 is 23.5 Å². The van der Waals surface area contributed by atoms with E-state index in [1.165, 1.54) is 48.1 Å². The van der Waals surface area contributed by atoms with Gasteiger partial charge in [0.1, 0.15) is 0 Å². The first-order valence-electron chi connectivity index (χ1n) is 13.3. The molecule has 0 N–H and O–H groups in total. The molecule has 16 heteroatoms. The Hall–Kier alpha value is -2.07. The Morgan fingerprint density at radius 3 is 1.41 bits per heavy atom. The van der Waals surface area contributed by atoms with Crippen LogP contribution in [-0.4, -0.2) is 63.6 Å². The number of thioether (sulfide) groups is 2. The van der Waals surface area contributed by atoms with E-state index in [0.29, 0.717) is 44.6 Å². The number of hydrogen-bond donors (Lipinski definition) is 0. The Morgan fingerprint density at radius 2 is 1.02 bits per heavy atom. The zero-order valence-corrected chi connectivity index (χ0v) is 32.8. The van der Waals surface area contributed by atoms with Crippen LogP contribution in [0.4, 0.5) is 0 Å². The Bertz CT molecular complexity index is 1780. The first-order valence-corrected chi connectivity index (χ1v) is 15.2. The summed E-state index contributed by atoms with van der Waals surface area (Å²) in [5, 5.41) is 52.1. The van der Waals surface area contributed by atoms with Crippen LogP contribution in [0.3, 0.4) is 0 Å². The molecule has 46 heavy (non-hydrogen) atoms. The van der Waals surface area contributed by atoms with E-state index in [-0.39, 0.29) is 114 Å². The van der Waals surface area contributed by atoms with Crippen molar-refractivity contribution >= 4 is 36.0 Å². The van der Waals surface area contributed by atoms with E-state index in [1.54, 1.807) is 70.5 Å². The molecular weight excluding hydrogens is 675 g/mol. The summed E-state index contributed by atoms with van der Waals surface area (Å²) in [6.45, 7) is 0. The fourth-order valence-corrected chi connectivity index (χ4v) is 5.69. The number of pyridine rings is 2. The van der Waals surface area contributed by atoms with Crippen molar-refractivity contribution in [2.24, 2.45) is 10.2 Å². The van der Waals surface area contributed by atoms with Crippen LogP contribution in [0.5, 0.6) is 11.5 Å². The van der Waals surface area contributed by atoms with Gasteiger partial charge in [0.05, 0.1) is 12.4 Å². The van der Waals surface area contributed by atoms with Gasteiger partial charge < -0.3 is 10.2 Å². The van der Waals surface area contributed by atoms with E-state index >= 15 is 0 Å². The summed E-state index contributed by atoms with van der Waals surface area (Å²) in [5.41, 5.74) is 2.38. The van der Waals surface area contributed by atoms with Crippen molar-refractivity contribution in [1.29, 1.82) is 0 Å². The summed E-state index contributed by atoms with van der Waals surface area (Å²) < 4.78 is 3.21. The third-order valence-corrected chi connectivity index (χ3v) is 8.17. The quantitative estimate of drug-likeness (QED) is 0.0630. The summed E-state index contributed by atoms with van der Waals surface area (Å²) in [7, 11) is 0. The van der Waals surface area contributed by atoms with Gasteiger partial charge in [0.2, 0.25) is 10.3 Å². The van der Waals surface area contributed by atoms with Crippen molar-refractivity contribution < 1.29 is 113 Å². The van der Waals surface area contributed by atoms with Crippen molar-refractivity contribution in [3.8, 4) is 34.3 Å². The second kappa shape index (κ2) is 18.5. The molecule has 4 aromatic heterocycles. The summed E-state index contributed by atoms with van der Waals surface area (Å²) >= 11 is 2.90. The fourth-order valence-electron chi connectivity index (χ4n) is 3.95. The Labute approximate surface area is 358 Å². The molecule has 0 bridgehead atoms. The van der Waals surface area contributed by atoms with Crippen LogP contribution in [0.15, 0.2) is 118 Å². The first kappa shape index (κ1) is 36.8. The van der Waals surface area contributed by atoms with Crippen LogP contribution in [0, 0.1) is 0 Å². The number of nitrogens with zero attached hydrogens (tertiary/aromatic N) is 10. The molecule has 218 valence electrons. The number of aromatic nitrogens is 8.